The van der Waals surface area contributed by atoms with Crippen molar-refractivity contribution in [1.82, 2.24) is 4.98 Å². The molecule has 0 saturated heterocycles. The summed E-state index contributed by atoms with van der Waals surface area (Å²) in [6.45, 7) is 0. The van der Waals surface area contributed by atoms with Gasteiger partial charge in [0.05, 0.1) is 0 Å². The summed E-state index contributed by atoms with van der Waals surface area (Å²) in [5.74, 6) is 0.210. The third-order valence-corrected chi connectivity index (χ3v) is 2.89. The van der Waals surface area contributed by atoms with Crippen molar-refractivity contribution in [3.8, 4) is 0 Å². The smallest absolute Gasteiger partial charge is 0.166 e. The highest BCUT2D eigenvalue weighted by atomic mass is 79.9. The number of hydrogen-bond donors (Lipinski definition) is 1. The van der Waals surface area contributed by atoms with E-state index in [1.807, 2.05) is 24.3 Å². The molecule has 2 rings (SSSR count). The minimum atomic E-state index is -0.407. The second kappa shape index (κ2) is 5.47. The van der Waals surface area contributed by atoms with Crippen LogP contribution in [0.15, 0.2) is 41.0 Å². The van der Waals surface area contributed by atoms with Crippen molar-refractivity contribution in [1.29, 1.82) is 0 Å². The first-order valence-electron chi connectivity index (χ1n) is 4.92. The summed E-state index contributed by atoms with van der Waals surface area (Å²) < 4.78 is 14.1. The van der Waals surface area contributed by atoms with E-state index in [9.17, 15) is 4.39 Å². The fourth-order valence-electron chi connectivity index (χ4n) is 1.38. The minimum Gasteiger partial charge on any atom is -0.338 e. The molecule has 1 N–H and O–H groups in total. The van der Waals surface area contributed by atoms with Gasteiger partial charge in [0.2, 0.25) is 0 Å². The number of rotatable bonds is 3. The van der Waals surface area contributed by atoms with Crippen LogP contribution in [0.25, 0.3) is 0 Å². The molecule has 1 aromatic heterocycles. The van der Waals surface area contributed by atoms with E-state index in [-0.39, 0.29) is 5.82 Å². The van der Waals surface area contributed by atoms with Gasteiger partial charge in [-0.2, -0.15) is 0 Å². The maximum atomic E-state index is 13.5. The topological polar surface area (TPSA) is 24.9 Å². The van der Waals surface area contributed by atoms with Crippen molar-refractivity contribution >= 4 is 39.0 Å². The molecule has 17 heavy (non-hydrogen) atoms. The molecule has 0 spiro atoms. The first kappa shape index (κ1) is 12.3. The predicted molar refractivity (Wildman–Crippen MR) is 71.2 cm³/mol. The summed E-state index contributed by atoms with van der Waals surface area (Å²) in [6, 6.07) is 8.82. The SMILES string of the molecule is Fc1cc(Br)cnc1Nc1cccc(CCl)c1. The average molecular weight is 316 g/mol. The molecule has 0 fully saturated rings. The lowest BCUT2D eigenvalue weighted by atomic mass is 10.2. The van der Waals surface area contributed by atoms with Crippen LogP contribution in [0.2, 0.25) is 0 Å². The third-order valence-electron chi connectivity index (χ3n) is 2.15. The lowest BCUT2D eigenvalue weighted by Crippen LogP contribution is -1.97. The molecule has 5 heteroatoms. The molecule has 0 unspecified atom stereocenters. The molecule has 0 radical (unpaired) electrons. The summed E-state index contributed by atoms with van der Waals surface area (Å²) in [5, 5.41) is 2.91. The van der Waals surface area contributed by atoms with Crippen LogP contribution in [0.5, 0.6) is 0 Å². The lowest BCUT2D eigenvalue weighted by molar-refractivity contribution is 0.625. The quantitative estimate of drug-likeness (QED) is 0.846. The summed E-state index contributed by atoms with van der Waals surface area (Å²) in [5.41, 5.74) is 1.73. The summed E-state index contributed by atoms with van der Waals surface area (Å²) in [7, 11) is 0. The van der Waals surface area contributed by atoms with Crippen LogP contribution in [-0.4, -0.2) is 4.98 Å². The van der Waals surface area contributed by atoms with E-state index >= 15 is 0 Å². The van der Waals surface area contributed by atoms with Gasteiger partial charge in [0.15, 0.2) is 11.6 Å². The number of pyridine rings is 1. The summed E-state index contributed by atoms with van der Waals surface area (Å²) in [4.78, 5) is 3.96. The van der Waals surface area contributed by atoms with Crippen molar-refractivity contribution in [2.24, 2.45) is 0 Å². The second-order valence-electron chi connectivity index (χ2n) is 3.44. The Kier molecular flexibility index (Phi) is 3.97. The predicted octanol–water partition coefficient (Wildman–Crippen LogP) is 4.47. The van der Waals surface area contributed by atoms with Crippen molar-refractivity contribution < 1.29 is 4.39 Å². The molecule has 0 aliphatic heterocycles. The Balaban J connectivity index is 2.25. The minimum absolute atomic E-state index is 0.194. The fraction of sp³-hybridized carbons (Fsp3) is 0.0833. The van der Waals surface area contributed by atoms with Gasteiger partial charge in [0.1, 0.15) is 0 Å². The van der Waals surface area contributed by atoms with E-state index in [1.54, 1.807) is 0 Å². The number of benzene rings is 1. The van der Waals surface area contributed by atoms with E-state index in [2.05, 4.69) is 26.2 Å². The van der Waals surface area contributed by atoms with Crippen molar-refractivity contribution in [3.63, 3.8) is 0 Å². The van der Waals surface area contributed by atoms with Gasteiger partial charge in [-0.25, -0.2) is 9.37 Å². The molecule has 0 saturated carbocycles. The van der Waals surface area contributed by atoms with Gasteiger partial charge in [-0.15, -0.1) is 11.6 Å². The molecule has 1 aromatic carbocycles. The van der Waals surface area contributed by atoms with Gasteiger partial charge in [0, 0.05) is 22.2 Å². The maximum Gasteiger partial charge on any atom is 0.166 e. The van der Waals surface area contributed by atoms with Crippen LogP contribution < -0.4 is 5.32 Å². The van der Waals surface area contributed by atoms with Crippen LogP contribution in [-0.2, 0) is 5.88 Å². The molecular formula is C12H9BrClFN2. The van der Waals surface area contributed by atoms with Gasteiger partial charge in [-0.3, -0.25) is 0 Å². The Labute approximate surface area is 112 Å². The van der Waals surface area contributed by atoms with E-state index in [0.29, 0.717) is 10.4 Å². The molecule has 0 aliphatic carbocycles. The van der Waals surface area contributed by atoms with Gasteiger partial charge in [-0.05, 0) is 39.7 Å². The zero-order chi connectivity index (χ0) is 12.3. The molecule has 1 heterocycles. The molecule has 0 amide bonds. The Morgan fingerprint density at radius 2 is 2.18 bits per heavy atom. The summed E-state index contributed by atoms with van der Waals surface area (Å²) >= 11 is 8.89. The van der Waals surface area contributed by atoms with Crippen LogP contribution in [0, 0.1) is 5.82 Å². The monoisotopic (exact) mass is 314 g/mol. The Morgan fingerprint density at radius 1 is 1.35 bits per heavy atom. The van der Waals surface area contributed by atoms with Crippen molar-refractivity contribution in [2.75, 3.05) is 5.32 Å². The Hall–Kier alpha value is -1.13. The molecular weight excluding hydrogens is 307 g/mol. The van der Waals surface area contributed by atoms with E-state index < -0.39 is 5.82 Å². The number of nitrogens with one attached hydrogen (secondary N) is 1. The maximum absolute atomic E-state index is 13.5. The van der Waals surface area contributed by atoms with E-state index in [4.69, 9.17) is 11.6 Å². The van der Waals surface area contributed by atoms with Crippen molar-refractivity contribution in [2.45, 2.75) is 5.88 Å². The van der Waals surface area contributed by atoms with Gasteiger partial charge >= 0.3 is 0 Å². The first-order valence-corrected chi connectivity index (χ1v) is 6.25. The number of nitrogens with zero attached hydrogens (tertiary/aromatic N) is 1. The standard InChI is InChI=1S/C12H9BrClFN2/c13-9-5-11(15)12(16-7-9)17-10-3-1-2-8(4-10)6-14/h1-5,7H,6H2,(H,16,17). The third kappa shape index (κ3) is 3.17. The highest BCUT2D eigenvalue weighted by Crippen LogP contribution is 2.21. The molecule has 0 bridgehead atoms. The van der Waals surface area contributed by atoms with E-state index in [0.717, 1.165) is 11.3 Å². The van der Waals surface area contributed by atoms with Gasteiger partial charge in [0.25, 0.3) is 0 Å². The number of alkyl halides is 1. The molecule has 0 aliphatic rings. The van der Waals surface area contributed by atoms with Gasteiger partial charge < -0.3 is 5.32 Å². The average Bonchev–Trinajstić information content (AvgIpc) is 2.33. The molecule has 2 aromatic rings. The highest BCUT2D eigenvalue weighted by Gasteiger charge is 2.04. The first-order chi connectivity index (χ1) is 8.19. The Bertz CT molecular complexity index is 534. The van der Waals surface area contributed by atoms with Crippen LogP contribution >= 0.6 is 27.5 Å². The normalized spacial score (nSPS) is 10.3. The molecule has 0 atom stereocenters. The molecule has 88 valence electrons. The number of halogens is 3. The lowest BCUT2D eigenvalue weighted by Gasteiger charge is -2.07. The number of anilines is 2. The fourth-order valence-corrected chi connectivity index (χ4v) is 1.85. The largest absolute Gasteiger partial charge is 0.338 e. The van der Waals surface area contributed by atoms with Crippen molar-refractivity contribution in [3.05, 3.63) is 52.4 Å². The van der Waals surface area contributed by atoms with E-state index in [1.165, 1.54) is 12.3 Å². The highest BCUT2D eigenvalue weighted by molar-refractivity contribution is 9.10. The van der Waals surface area contributed by atoms with Crippen LogP contribution in [0.3, 0.4) is 0 Å². The number of hydrogen-bond acceptors (Lipinski definition) is 2. The summed E-state index contributed by atoms with van der Waals surface area (Å²) in [6.07, 6.45) is 1.54. The van der Waals surface area contributed by atoms with Gasteiger partial charge in [-0.1, -0.05) is 12.1 Å². The number of aromatic nitrogens is 1. The van der Waals surface area contributed by atoms with Crippen LogP contribution in [0.4, 0.5) is 15.9 Å². The molecule has 2 nitrogen and oxygen atoms in total. The Morgan fingerprint density at radius 3 is 2.88 bits per heavy atom. The zero-order valence-corrected chi connectivity index (χ0v) is 11.1. The second-order valence-corrected chi connectivity index (χ2v) is 4.63. The zero-order valence-electron chi connectivity index (χ0n) is 8.75. The van der Waals surface area contributed by atoms with Crippen LogP contribution in [0.1, 0.15) is 5.56 Å².